The molecule has 12 heavy (non-hydrogen) atoms. The van der Waals surface area contributed by atoms with Crippen molar-refractivity contribution >= 4 is 16.1 Å². The van der Waals surface area contributed by atoms with Crippen LogP contribution in [0.1, 0.15) is 13.3 Å². The molecule has 0 radical (unpaired) electrons. The highest BCUT2D eigenvalue weighted by molar-refractivity contribution is 7.85. The van der Waals surface area contributed by atoms with Crippen molar-refractivity contribution in [2.45, 2.75) is 13.3 Å². The van der Waals surface area contributed by atoms with Gasteiger partial charge in [-0.25, -0.2) is 4.79 Å². The minimum atomic E-state index is -3.67. The summed E-state index contributed by atoms with van der Waals surface area (Å²) < 4.78 is 24.0. The molecule has 0 atom stereocenters. The Bertz CT molecular complexity index is 205. The van der Waals surface area contributed by atoms with E-state index in [1.165, 1.54) is 6.92 Å². The maximum atomic E-state index is 10.2. The van der Waals surface area contributed by atoms with Crippen molar-refractivity contribution in [2.75, 3.05) is 6.26 Å². The van der Waals surface area contributed by atoms with Crippen molar-refractivity contribution < 1.29 is 33.4 Å². The second kappa shape index (κ2) is 6.98. The molecule has 0 saturated carbocycles. The molecule has 76 valence electrons. The van der Waals surface area contributed by atoms with Gasteiger partial charge in [-0.1, -0.05) is 11.3 Å². The van der Waals surface area contributed by atoms with Gasteiger partial charge in [-0.3, -0.25) is 4.89 Å². The molecule has 0 rings (SSSR count). The molecule has 0 bridgehead atoms. The van der Waals surface area contributed by atoms with Crippen molar-refractivity contribution in [2.24, 2.45) is 0 Å². The van der Waals surface area contributed by atoms with Gasteiger partial charge in [-0.15, -0.1) is 0 Å². The predicted molar refractivity (Wildman–Crippen MR) is 39.5 cm³/mol. The quantitative estimate of drug-likeness (QED) is 0.394. The predicted octanol–water partition coefficient (Wildman–Crippen LogP) is -1.82. The third kappa shape index (κ3) is 12.0. The minimum absolute atomic E-state index is 0. The molecular formula is C4H12O7S. The van der Waals surface area contributed by atoms with E-state index in [0.717, 1.165) is 6.26 Å². The van der Waals surface area contributed by atoms with Crippen LogP contribution in [-0.4, -0.2) is 31.6 Å². The summed E-state index contributed by atoms with van der Waals surface area (Å²) in [5.41, 5.74) is 0. The molecule has 0 aliphatic heterocycles. The van der Waals surface area contributed by atoms with E-state index < -0.39 is 16.1 Å². The molecule has 0 spiro atoms. The fraction of sp³-hybridized carbons (Fsp3) is 0.750. The van der Waals surface area contributed by atoms with Crippen LogP contribution in [0, 0.1) is 0 Å². The molecule has 0 aromatic carbocycles. The molecular weight excluding hydrogens is 192 g/mol. The average Bonchev–Trinajstić information content (AvgIpc) is 1.81. The van der Waals surface area contributed by atoms with Crippen LogP contribution in [-0.2, 0) is 24.1 Å². The molecule has 7 nitrogen and oxygen atoms in total. The first kappa shape index (κ1) is 17.4. The highest BCUT2D eigenvalue weighted by Crippen LogP contribution is 1.91. The fourth-order valence-corrected chi connectivity index (χ4v) is 0.358. The highest BCUT2D eigenvalue weighted by Gasteiger charge is 2.06. The summed E-state index contributed by atoms with van der Waals surface area (Å²) in [4.78, 5) is 14.1. The Hall–Kier alpha value is -0.700. The van der Waals surface area contributed by atoms with Crippen LogP contribution in [0.5, 0.6) is 0 Å². The van der Waals surface area contributed by atoms with Gasteiger partial charge in [-0.05, 0) is 0 Å². The average molecular weight is 204 g/mol. The van der Waals surface area contributed by atoms with Gasteiger partial charge in [-0.2, -0.15) is 8.42 Å². The Labute approximate surface area is 69.9 Å². The number of hydrogen-bond donors (Lipinski definition) is 0. The SMILES string of the molecule is CCC(=O)OOS(C)(=O)=O.O.O. The van der Waals surface area contributed by atoms with Crippen molar-refractivity contribution in [3.05, 3.63) is 0 Å². The molecule has 0 aliphatic rings. The minimum Gasteiger partial charge on any atom is -0.412 e. The van der Waals surface area contributed by atoms with Gasteiger partial charge in [0.25, 0.3) is 10.1 Å². The molecule has 0 aromatic rings. The Kier molecular flexibility index (Phi) is 10.1. The summed E-state index contributed by atoms with van der Waals surface area (Å²) in [5.74, 6) is -0.717. The molecule has 8 heteroatoms. The monoisotopic (exact) mass is 204 g/mol. The van der Waals surface area contributed by atoms with E-state index in [4.69, 9.17) is 0 Å². The van der Waals surface area contributed by atoms with Crippen molar-refractivity contribution in [1.29, 1.82) is 0 Å². The largest absolute Gasteiger partial charge is 0.412 e. The second-order valence-corrected chi connectivity index (χ2v) is 3.13. The lowest BCUT2D eigenvalue weighted by Crippen LogP contribution is -2.08. The standard InChI is InChI=1S/C4H8O5S.2H2O/c1-3-4(5)8-9-10(2,6)7;;/h3H2,1-2H3;2*1H2. The first-order valence-electron chi connectivity index (χ1n) is 2.54. The van der Waals surface area contributed by atoms with Gasteiger partial charge >= 0.3 is 5.97 Å². The summed E-state index contributed by atoms with van der Waals surface area (Å²) in [7, 11) is -3.67. The fourth-order valence-electron chi connectivity index (χ4n) is 0.159. The van der Waals surface area contributed by atoms with Gasteiger partial charge in [0.1, 0.15) is 0 Å². The molecule has 0 heterocycles. The lowest BCUT2D eigenvalue weighted by Gasteiger charge is -1.96. The smallest absolute Gasteiger partial charge is 0.343 e. The lowest BCUT2D eigenvalue weighted by molar-refractivity contribution is -0.210. The van der Waals surface area contributed by atoms with E-state index >= 15 is 0 Å². The molecule has 0 aliphatic carbocycles. The molecule has 0 aromatic heterocycles. The van der Waals surface area contributed by atoms with Gasteiger partial charge in [0.2, 0.25) is 0 Å². The van der Waals surface area contributed by atoms with Crippen LogP contribution in [0.4, 0.5) is 0 Å². The Morgan fingerprint density at radius 1 is 1.33 bits per heavy atom. The summed E-state index contributed by atoms with van der Waals surface area (Å²) in [6, 6.07) is 0. The zero-order chi connectivity index (χ0) is 8.20. The summed E-state index contributed by atoms with van der Waals surface area (Å²) in [5, 5.41) is 0. The molecule has 0 saturated heterocycles. The van der Waals surface area contributed by atoms with Crippen molar-refractivity contribution in [3.63, 3.8) is 0 Å². The van der Waals surface area contributed by atoms with E-state index in [9.17, 15) is 13.2 Å². The van der Waals surface area contributed by atoms with E-state index in [1.54, 1.807) is 0 Å². The lowest BCUT2D eigenvalue weighted by atomic mass is 10.5. The van der Waals surface area contributed by atoms with Gasteiger partial charge in [0, 0.05) is 6.42 Å². The first-order valence-corrected chi connectivity index (χ1v) is 4.36. The summed E-state index contributed by atoms with van der Waals surface area (Å²) in [6.45, 7) is 1.52. The van der Waals surface area contributed by atoms with Gasteiger partial charge in [0.05, 0.1) is 6.26 Å². The van der Waals surface area contributed by atoms with Crippen molar-refractivity contribution in [3.8, 4) is 0 Å². The number of carbonyl (C=O) groups is 1. The zero-order valence-corrected chi connectivity index (χ0v) is 7.47. The van der Waals surface area contributed by atoms with Crippen LogP contribution >= 0.6 is 0 Å². The third-order valence-corrected chi connectivity index (χ3v) is 0.854. The molecule has 0 fully saturated rings. The Balaban J connectivity index is -0.000000405. The Morgan fingerprint density at radius 2 is 1.75 bits per heavy atom. The number of rotatable bonds is 3. The van der Waals surface area contributed by atoms with E-state index in [0.29, 0.717) is 0 Å². The van der Waals surface area contributed by atoms with E-state index in [-0.39, 0.29) is 17.4 Å². The van der Waals surface area contributed by atoms with Gasteiger partial charge < -0.3 is 11.0 Å². The third-order valence-electron chi connectivity index (χ3n) is 0.539. The topological polar surface area (TPSA) is 133 Å². The summed E-state index contributed by atoms with van der Waals surface area (Å²) in [6.07, 6.45) is 0.867. The van der Waals surface area contributed by atoms with Crippen LogP contribution < -0.4 is 0 Å². The van der Waals surface area contributed by atoms with Crippen molar-refractivity contribution in [1.82, 2.24) is 0 Å². The van der Waals surface area contributed by atoms with Crippen LogP contribution in [0.3, 0.4) is 0 Å². The van der Waals surface area contributed by atoms with Crippen LogP contribution in [0.15, 0.2) is 0 Å². The molecule has 4 N–H and O–H groups in total. The normalized spacial score (nSPS) is 9.17. The zero-order valence-electron chi connectivity index (χ0n) is 6.66. The highest BCUT2D eigenvalue weighted by atomic mass is 32.2. The Morgan fingerprint density at radius 3 is 2.00 bits per heavy atom. The second-order valence-electron chi connectivity index (χ2n) is 1.58. The first-order chi connectivity index (χ1) is 4.45. The molecule has 0 unspecified atom stereocenters. The van der Waals surface area contributed by atoms with E-state index in [1.807, 2.05) is 0 Å². The number of carbonyl (C=O) groups excluding carboxylic acids is 1. The maximum Gasteiger partial charge on any atom is 0.343 e. The maximum absolute atomic E-state index is 10.2. The van der Waals surface area contributed by atoms with Crippen LogP contribution in [0.25, 0.3) is 0 Å². The number of hydrogen-bond acceptors (Lipinski definition) is 5. The van der Waals surface area contributed by atoms with Crippen LogP contribution in [0.2, 0.25) is 0 Å². The van der Waals surface area contributed by atoms with E-state index in [2.05, 4.69) is 9.22 Å². The molecule has 0 amide bonds. The summed E-state index contributed by atoms with van der Waals surface area (Å²) >= 11 is 0. The van der Waals surface area contributed by atoms with Gasteiger partial charge in [0.15, 0.2) is 0 Å².